The minimum absolute atomic E-state index is 0.337. The minimum Gasteiger partial charge on any atom is -0.375 e. The topological polar surface area (TPSA) is 21.3 Å². The molecule has 5 atom stereocenters. The van der Waals surface area contributed by atoms with Crippen molar-refractivity contribution in [3.8, 4) is 0 Å². The van der Waals surface area contributed by atoms with Gasteiger partial charge in [0, 0.05) is 12.0 Å². The van der Waals surface area contributed by atoms with Gasteiger partial charge in [-0.05, 0) is 57.7 Å². The molecule has 1 aliphatic rings. The molecule has 5 unspecified atom stereocenters. The van der Waals surface area contributed by atoms with Gasteiger partial charge >= 0.3 is 0 Å². The van der Waals surface area contributed by atoms with E-state index in [2.05, 4.69) is 65.1 Å². The van der Waals surface area contributed by atoms with Gasteiger partial charge in [0.05, 0.1) is 12.2 Å². The van der Waals surface area contributed by atoms with E-state index in [-0.39, 0.29) is 0 Å². The van der Waals surface area contributed by atoms with Crippen molar-refractivity contribution in [3.63, 3.8) is 0 Å². The molecule has 1 heterocycles. The first-order valence-corrected chi connectivity index (χ1v) is 8.39. The number of ether oxygens (including phenoxy) is 1. The maximum atomic E-state index is 6.06. The monoisotopic (exact) mass is 289 g/mol. The molecule has 0 bridgehead atoms. The van der Waals surface area contributed by atoms with Crippen LogP contribution in [0.5, 0.6) is 0 Å². The van der Waals surface area contributed by atoms with E-state index in [9.17, 15) is 0 Å². The Morgan fingerprint density at radius 1 is 1.14 bits per heavy atom. The third kappa shape index (κ3) is 3.67. The van der Waals surface area contributed by atoms with E-state index in [1.807, 2.05) is 0 Å². The Morgan fingerprint density at radius 2 is 1.86 bits per heavy atom. The fraction of sp³-hybridized carbons (Fsp3) is 0.684. The Labute approximate surface area is 130 Å². The number of rotatable bonds is 5. The van der Waals surface area contributed by atoms with Crippen LogP contribution in [-0.2, 0) is 11.2 Å². The number of nitrogens with one attached hydrogen (secondary N) is 1. The molecule has 2 nitrogen and oxygen atoms in total. The largest absolute Gasteiger partial charge is 0.375 e. The number of hydrogen-bond donors (Lipinski definition) is 1. The fourth-order valence-electron chi connectivity index (χ4n) is 3.85. The van der Waals surface area contributed by atoms with Crippen molar-refractivity contribution in [1.82, 2.24) is 5.32 Å². The predicted molar refractivity (Wildman–Crippen MR) is 89.7 cm³/mol. The van der Waals surface area contributed by atoms with Gasteiger partial charge in [-0.2, -0.15) is 0 Å². The molecule has 1 aromatic carbocycles. The van der Waals surface area contributed by atoms with Crippen LogP contribution in [0.3, 0.4) is 0 Å². The van der Waals surface area contributed by atoms with Crippen LogP contribution in [0.2, 0.25) is 0 Å². The Bertz CT molecular complexity index is 471. The van der Waals surface area contributed by atoms with Crippen molar-refractivity contribution >= 4 is 0 Å². The van der Waals surface area contributed by atoms with Crippen molar-refractivity contribution in [1.29, 1.82) is 0 Å². The van der Waals surface area contributed by atoms with Gasteiger partial charge in [-0.15, -0.1) is 0 Å². The summed E-state index contributed by atoms with van der Waals surface area (Å²) in [4.78, 5) is 0. The lowest BCUT2D eigenvalue weighted by atomic mass is 9.80. The minimum atomic E-state index is 0.337. The highest BCUT2D eigenvalue weighted by atomic mass is 16.5. The Morgan fingerprint density at radius 3 is 2.43 bits per heavy atom. The van der Waals surface area contributed by atoms with E-state index in [1.165, 1.54) is 16.7 Å². The number of hydrogen-bond acceptors (Lipinski definition) is 2. The standard InChI is InChI=1S/C19H31NO/c1-7-20-18(19-14(4)15(5)21-16(19)6)11-17-10-12(2)8-9-13(17)3/h8-10,14-16,18-20H,7,11H2,1-6H3. The van der Waals surface area contributed by atoms with E-state index >= 15 is 0 Å². The first-order valence-electron chi connectivity index (χ1n) is 8.39. The summed E-state index contributed by atoms with van der Waals surface area (Å²) in [6.45, 7) is 14.4. The molecule has 0 radical (unpaired) electrons. The van der Waals surface area contributed by atoms with Crippen LogP contribution in [0.25, 0.3) is 0 Å². The van der Waals surface area contributed by atoms with Crippen molar-refractivity contribution < 1.29 is 4.74 Å². The number of likely N-dealkylation sites (N-methyl/N-ethyl adjacent to an activating group) is 1. The molecule has 0 amide bonds. The van der Waals surface area contributed by atoms with Crippen molar-refractivity contribution in [2.24, 2.45) is 11.8 Å². The average Bonchev–Trinajstić information content (AvgIpc) is 2.67. The molecule has 2 heteroatoms. The summed E-state index contributed by atoms with van der Waals surface area (Å²) < 4.78 is 6.06. The molecule has 1 aromatic rings. The van der Waals surface area contributed by atoms with Gasteiger partial charge in [-0.25, -0.2) is 0 Å². The summed E-state index contributed by atoms with van der Waals surface area (Å²) in [5.41, 5.74) is 4.22. The van der Waals surface area contributed by atoms with Crippen molar-refractivity contribution in [3.05, 3.63) is 34.9 Å². The third-order valence-corrected chi connectivity index (χ3v) is 5.19. The molecule has 118 valence electrons. The van der Waals surface area contributed by atoms with Crippen LogP contribution in [0, 0.1) is 25.7 Å². The van der Waals surface area contributed by atoms with E-state index in [4.69, 9.17) is 4.74 Å². The summed E-state index contributed by atoms with van der Waals surface area (Å²) >= 11 is 0. The van der Waals surface area contributed by atoms with Crippen LogP contribution in [0.1, 0.15) is 44.4 Å². The van der Waals surface area contributed by atoms with Gasteiger partial charge in [0.25, 0.3) is 0 Å². The zero-order valence-electron chi connectivity index (χ0n) is 14.4. The van der Waals surface area contributed by atoms with E-state index < -0.39 is 0 Å². The lowest BCUT2D eigenvalue weighted by Crippen LogP contribution is -2.43. The van der Waals surface area contributed by atoms with Gasteiger partial charge in [0.15, 0.2) is 0 Å². The van der Waals surface area contributed by atoms with Crippen molar-refractivity contribution in [2.45, 2.75) is 66.2 Å². The van der Waals surface area contributed by atoms with Gasteiger partial charge in [0.2, 0.25) is 0 Å². The fourth-order valence-corrected chi connectivity index (χ4v) is 3.85. The molecule has 0 aliphatic carbocycles. The molecule has 0 saturated carbocycles. The number of benzene rings is 1. The molecule has 1 aliphatic heterocycles. The highest BCUT2D eigenvalue weighted by Gasteiger charge is 2.41. The molecule has 1 N–H and O–H groups in total. The normalized spacial score (nSPS) is 30.6. The van der Waals surface area contributed by atoms with Crippen LogP contribution < -0.4 is 5.32 Å². The molecular formula is C19H31NO. The zero-order chi connectivity index (χ0) is 15.6. The molecule has 1 fully saturated rings. The summed E-state index contributed by atoms with van der Waals surface area (Å²) in [7, 11) is 0. The molecule has 21 heavy (non-hydrogen) atoms. The molecule has 1 saturated heterocycles. The quantitative estimate of drug-likeness (QED) is 0.888. The van der Waals surface area contributed by atoms with Crippen LogP contribution in [0.4, 0.5) is 0 Å². The summed E-state index contributed by atoms with van der Waals surface area (Å²) in [6, 6.07) is 7.28. The van der Waals surface area contributed by atoms with Gasteiger partial charge in [-0.3, -0.25) is 0 Å². The Kier molecular flexibility index (Phi) is 5.45. The average molecular weight is 289 g/mol. The second-order valence-corrected chi connectivity index (χ2v) is 6.78. The van der Waals surface area contributed by atoms with Crippen LogP contribution >= 0.6 is 0 Å². The SMILES string of the molecule is CCNC(Cc1cc(C)ccc1C)C1C(C)OC(C)C1C. The van der Waals surface area contributed by atoms with E-state index in [0.29, 0.717) is 30.1 Å². The first-order chi connectivity index (χ1) is 9.93. The second kappa shape index (κ2) is 6.93. The summed E-state index contributed by atoms with van der Waals surface area (Å²) in [6.07, 6.45) is 1.80. The van der Waals surface area contributed by atoms with Gasteiger partial charge in [-0.1, -0.05) is 37.6 Å². The zero-order valence-corrected chi connectivity index (χ0v) is 14.4. The maximum absolute atomic E-state index is 6.06. The molecule has 0 aromatic heterocycles. The summed E-state index contributed by atoms with van der Waals surface area (Å²) in [5.74, 6) is 1.19. The van der Waals surface area contributed by atoms with Gasteiger partial charge < -0.3 is 10.1 Å². The predicted octanol–water partition coefficient (Wildman–Crippen LogP) is 3.88. The molecular weight excluding hydrogens is 258 g/mol. The maximum Gasteiger partial charge on any atom is 0.0597 e. The van der Waals surface area contributed by atoms with E-state index in [1.54, 1.807) is 0 Å². The Balaban J connectivity index is 2.21. The third-order valence-electron chi connectivity index (χ3n) is 5.19. The molecule has 0 spiro atoms. The first kappa shape index (κ1) is 16.5. The Hall–Kier alpha value is -0.860. The van der Waals surface area contributed by atoms with Crippen molar-refractivity contribution in [2.75, 3.05) is 6.54 Å². The van der Waals surface area contributed by atoms with Gasteiger partial charge in [0.1, 0.15) is 0 Å². The highest BCUT2D eigenvalue weighted by molar-refractivity contribution is 5.31. The van der Waals surface area contributed by atoms with E-state index in [0.717, 1.165) is 13.0 Å². The van der Waals surface area contributed by atoms with Crippen LogP contribution in [0.15, 0.2) is 18.2 Å². The van der Waals surface area contributed by atoms with Crippen LogP contribution in [-0.4, -0.2) is 24.8 Å². The highest BCUT2D eigenvalue weighted by Crippen LogP contribution is 2.35. The lowest BCUT2D eigenvalue weighted by molar-refractivity contribution is 0.0476. The summed E-state index contributed by atoms with van der Waals surface area (Å²) in [5, 5.41) is 3.72. The smallest absolute Gasteiger partial charge is 0.0597 e. The molecule has 2 rings (SSSR count). The number of aryl methyl sites for hydroxylation is 2. The second-order valence-electron chi connectivity index (χ2n) is 6.78. The lowest BCUT2D eigenvalue weighted by Gasteiger charge is -2.30.